The van der Waals surface area contributed by atoms with Crippen molar-refractivity contribution in [2.75, 3.05) is 33.2 Å². The first-order valence-corrected chi connectivity index (χ1v) is 9.06. The maximum absolute atomic E-state index is 13.4. The topological polar surface area (TPSA) is 57.0 Å². The van der Waals surface area contributed by atoms with Crippen LogP contribution in [0.5, 0.6) is 11.5 Å². The van der Waals surface area contributed by atoms with Gasteiger partial charge in [0.1, 0.15) is 18.1 Å². The number of fused-ring (bicyclic) bond motifs is 1. The molecule has 0 bridgehead atoms. The third-order valence-corrected chi connectivity index (χ3v) is 5.17. The average molecular weight is 368 g/mol. The number of carbonyl (C=O) groups is 1. The van der Waals surface area contributed by atoms with Crippen molar-refractivity contribution in [3.8, 4) is 11.5 Å². The lowest BCUT2D eigenvalue weighted by Gasteiger charge is -2.30. The zero-order chi connectivity index (χ0) is 19.0. The molecule has 140 valence electrons. The van der Waals surface area contributed by atoms with E-state index in [2.05, 4.69) is 11.9 Å². The molecular weight excluding hydrogens is 347 g/mol. The summed E-state index contributed by atoms with van der Waals surface area (Å²) < 4.78 is 19.2. The number of quaternary nitrogens is 1. The Labute approximate surface area is 157 Å². The number of benzene rings is 2. The number of nitrogens with zero attached hydrogens (tertiary/aromatic N) is 1. The second-order valence-electron chi connectivity index (χ2n) is 7.14. The van der Waals surface area contributed by atoms with E-state index in [1.807, 2.05) is 0 Å². The van der Waals surface area contributed by atoms with Gasteiger partial charge in [-0.05, 0) is 36.9 Å². The fourth-order valence-corrected chi connectivity index (χ4v) is 3.57. The molecule has 27 heavy (non-hydrogen) atoms. The predicted octanol–water partition coefficient (Wildman–Crippen LogP) is 0.846. The van der Waals surface area contributed by atoms with Crippen LogP contribution < -0.4 is 14.7 Å². The largest absolute Gasteiger partial charge is 0.872 e. The quantitative estimate of drug-likeness (QED) is 0.816. The Morgan fingerprint density at radius 1 is 1.26 bits per heavy atom. The minimum atomic E-state index is -0.381. The van der Waals surface area contributed by atoms with Crippen LogP contribution in [-0.2, 0) is 6.54 Å². The molecule has 0 amide bonds. The summed E-state index contributed by atoms with van der Waals surface area (Å²) in [6.07, 6.45) is 1.52. The van der Waals surface area contributed by atoms with Gasteiger partial charge in [-0.25, -0.2) is 4.39 Å². The number of nitrogens with one attached hydrogen (secondary N) is 1. The van der Waals surface area contributed by atoms with Crippen molar-refractivity contribution in [3.05, 3.63) is 64.7 Å². The predicted molar refractivity (Wildman–Crippen MR) is 97.1 cm³/mol. The highest BCUT2D eigenvalue weighted by Gasteiger charge is 2.31. The summed E-state index contributed by atoms with van der Waals surface area (Å²) in [6.45, 7) is 4.38. The molecule has 0 aliphatic carbocycles. The number of halogens is 1. The lowest BCUT2D eigenvalue weighted by molar-refractivity contribution is -0.918. The molecule has 2 heterocycles. The number of piperazine rings is 1. The molecule has 0 unspecified atom stereocenters. The SMILES string of the molecule is CN1CC[NH+](Cc2c([O-])ccc3c2OC(=Cc2cccc(F)c2)C3=O)CC1. The summed E-state index contributed by atoms with van der Waals surface area (Å²) >= 11 is 0. The Balaban J connectivity index is 1.63. The monoisotopic (exact) mass is 368 g/mol. The summed E-state index contributed by atoms with van der Waals surface area (Å²) in [7, 11) is 2.08. The van der Waals surface area contributed by atoms with Crippen molar-refractivity contribution in [3.63, 3.8) is 0 Å². The number of rotatable bonds is 3. The number of likely N-dealkylation sites (N-methyl/N-ethyl adjacent to an activating group) is 1. The molecule has 1 saturated heterocycles. The first kappa shape index (κ1) is 17.7. The third-order valence-electron chi connectivity index (χ3n) is 5.17. The van der Waals surface area contributed by atoms with E-state index in [4.69, 9.17) is 4.74 Å². The highest BCUT2D eigenvalue weighted by molar-refractivity contribution is 6.14. The van der Waals surface area contributed by atoms with Crippen LogP contribution in [0.15, 0.2) is 42.2 Å². The lowest BCUT2D eigenvalue weighted by atomic mass is 10.0. The number of ketones is 1. The maximum atomic E-state index is 13.4. The standard InChI is InChI=1S/C21H21FN2O3/c1-23-7-9-24(10-8-23)13-17-18(25)6-5-16-20(26)19(27-21(16)17)12-14-3-2-4-15(22)11-14/h2-6,11-12,25H,7-10,13H2,1H3. The number of ether oxygens (including phenoxy) is 1. The van der Waals surface area contributed by atoms with E-state index in [0.717, 1.165) is 26.2 Å². The van der Waals surface area contributed by atoms with Crippen LogP contribution in [0.3, 0.4) is 0 Å². The first-order chi connectivity index (χ1) is 13.0. The van der Waals surface area contributed by atoms with Gasteiger partial charge in [0.2, 0.25) is 5.78 Å². The molecule has 5 nitrogen and oxygen atoms in total. The molecule has 0 spiro atoms. The molecule has 1 N–H and O–H groups in total. The number of carbonyl (C=O) groups excluding carboxylic acids is 1. The molecule has 2 aromatic carbocycles. The van der Waals surface area contributed by atoms with E-state index in [0.29, 0.717) is 29.0 Å². The van der Waals surface area contributed by atoms with Gasteiger partial charge >= 0.3 is 0 Å². The van der Waals surface area contributed by atoms with Crippen LogP contribution in [0.1, 0.15) is 21.5 Å². The number of hydrogen-bond donors (Lipinski definition) is 1. The van der Waals surface area contributed by atoms with Gasteiger partial charge in [-0.15, -0.1) is 0 Å². The van der Waals surface area contributed by atoms with Crippen LogP contribution in [-0.4, -0.2) is 43.9 Å². The average Bonchev–Trinajstić information content (AvgIpc) is 2.95. The van der Waals surface area contributed by atoms with Crippen molar-refractivity contribution >= 4 is 11.9 Å². The molecule has 2 aromatic rings. The second-order valence-corrected chi connectivity index (χ2v) is 7.14. The first-order valence-electron chi connectivity index (χ1n) is 9.06. The molecule has 0 aromatic heterocycles. The molecule has 6 heteroatoms. The van der Waals surface area contributed by atoms with Crippen LogP contribution in [0.25, 0.3) is 6.08 Å². The van der Waals surface area contributed by atoms with Crippen molar-refractivity contribution < 1.29 is 23.9 Å². The third kappa shape index (κ3) is 3.59. The van der Waals surface area contributed by atoms with Crippen LogP contribution in [0.4, 0.5) is 4.39 Å². The van der Waals surface area contributed by atoms with Gasteiger partial charge < -0.3 is 14.7 Å². The van der Waals surface area contributed by atoms with Gasteiger partial charge in [-0.1, -0.05) is 23.9 Å². The Hall–Kier alpha value is -2.70. The fourth-order valence-electron chi connectivity index (χ4n) is 3.57. The summed E-state index contributed by atoms with van der Waals surface area (Å²) in [5.74, 6) is -0.283. The summed E-state index contributed by atoms with van der Waals surface area (Å²) in [5, 5.41) is 12.4. The van der Waals surface area contributed by atoms with Crippen molar-refractivity contribution in [2.24, 2.45) is 0 Å². The van der Waals surface area contributed by atoms with E-state index < -0.39 is 0 Å². The Bertz CT molecular complexity index is 918. The number of hydrogen-bond acceptors (Lipinski definition) is 4. The molecule has 2 aliphatic heterocycles. The Kier molecular flexibility index (Phi) is 4.68. The zero-order valence-corrected chi connectivity index (χ0v) is 15.1. The fraction of sp³-hybridized carbons (Fsp3) is 0.286. The number of Topliss-reactive ketones (excluding diaryl/α,β-unsaturated/α-hetero) is 1. The summed E-state index contributed by atoms with van der Waals surface area (Å²) in [6, 6.07) is 8.91. The van der Waals surface area contributed by atoms with E-state index in [9.17, 15) is 14.3 Å². The van der Waals surface area contributed by atoms with Gasteiger partial charge in [-0.3, -0.25) is 9.69 Å². The normalized spacial score (nSPS) is 19.3. The van der Waals surface area contributed by atoms with E-state index in [1.165, 1.54) is 35.2 Å². The molecule has 4 rings (SSSR count). The number of allylic oxidation sites excluding steroid dienone is 1. The Morgan fingerprint density at radius 2 is 2.04 bits per heavy atom. The van der Waals surface area contributed by atoms with E-state index >= 15 is 0 Å². The Morgan fingerprint density at radius 3 is 2.78 bits per heavy atom. The van der Waals surface area contributed by atoms with Crippen molar-refractivity contribution in [1.29, 1.82) is 0 Å². The molecule has 0 saturated carbocycles. The summed E-state index contributed by atoms with van der Waals surface area (Å²) in [5.41, 5.74) is 1.49. The van der Waals surface area contributed by atoms with E-state index in [1.54, 1.807) is 12.1 Å². The van der Waals surface area contributed by atoms with E-state index in [-0.39, 0.29) is 23.1 Å². The molecule has 0 radical (unpaired) electrons. The van der Waals surface area contributed by atoms with Gasteiger partial charge in [-0.2, -0.15) is 0 Å². The molecular formula is C21H21FN2O3. The van der Waals surface area contributed by atoms with Crippen molar-refractivity contribution in [1.82, 2.24) is 4.90 Å². The summed E-state index contributed by atoms with van der Waals surface area (Å²) in [4.78, 5) is 16.2. The van der Waals surface area contributed by atoms with Crippen molar-refractivity contribution in [2.45, 2.75) is 6.54 Å². The zero-order valence-electron chi connectivity index (χ0n) is 15.1. The maximum Gasteiger partial charge on any atom is 0.231 e. The van der Waals surface area contributed by atoms with Gasteiger partial charge in [0.05, 0.1) is 18.7 Å². The smallest absolute Gasteiger partial charge is 0.231 e. The minimum absolute atomic E-state index is 0.111. The van der Waals surface area contributed by atoms with Gasteiger partial charge in [0, 0.05) is 18.7 Å². The van der Waals surface area contributed by atoms with Crippen LogP contribution in [0, 0.1) is 5.82 Å². The molecule has 2 aliphatic rings. The highest BCUT2D eigenvalue weighted by Crippen LogP contribution is 2.38. The highest BCUT2D eigenvalue weighted by atomic mass is 19.1. The second kappa shape index (κ2) is 7.13. The van der Waals surface area contributed by atoms with Gasteiger partial charge in [0.25, 0.3) is 0 Å². The van der Waals surface area contributed by atoms with Crippen LogP contribution in [0.2, 0.25) is 0 Å². The minimum Gasteiger partial charge on any atom is -0.872 e. The molecule has 0 atom stereocenters. The van der Waals surface area contributed by atoms with Crippen LogP contribution >= 0.6 is 0 Å². The molecule has 1 fully saturated rings. The lowest BCUT2D eigenvalue weighted by Crippen LogP contribution is -3.13. The van der Waals surface area contributed by atoms with Gasteiger partial charge in [0.15, 0.2) is 5.76 Å².